The Morgan fingerprint density at radius 2 is 1.82 bits per heavy atom. The number of carbonyl (C=O) groups excluding carboxylic acids is 1. The topological polar surface area (TPSA) is 17.1 Å². The molecule has 0 aliphatic heterocycles. The van der Waals surface area contributed by atoms with E-state index >= 15 is 0 Å². The summed E-state index contributed by atoms with van der Waals surface area (Å²) in [5.74, 6) is 0.224. The summed E-state index contributed by atoms with van der Waals surface area (Å²) in [6.45, 7) is 1.68. The van der Waals surface area contributed by atoms with Crippen molar-refractivity contribution < 1.29 is 4.79 Å². The van der Waals surface area contributed by atoms with Crippen molar-refractivity contribution >= 4 is 29.0 Å². The van der Waals surface area contributed by atoms with Crippen LogP contribution in [0.2, 0.25) is 10.0 Å². The molecule has 0 aromatic heterocycles. The second-order valence-electron chi connectivity index (χ2n) is 4.82. The van der Waals surface area contributed by atoms with Gasteiger partial charge in [0, 0.05) is 10.0 Å². The number of benzene rings is 1. The van der Waals surface area contributed by atoms with Gasteiger partial charge < -0.3 is 0 Å². The second kappa shape index (κ2) is 4.99. The van der Waals surface area contributed by atoms with Gasteiger partial charge in [-0.2, -0.15) is 0 Å². The number of hydrogen-bond donors (Lipinski definition) is 0. The molecule has 1 saturated carbocycles. The van der Waals surface area contributed by atoms with E-state index in [1.807, 2.05) is 12.1 Å². The van der Waals surface area contributed by atoms with Gasteiger partial charge in [0.05, 0.1) is 5.41 Å². The Morgan fingerprint density at radius 1 is 1.18 bits per heavy atom. The second-order valence-corrected chi connectivity index (χ2v) is 5.67. The van der Waals surface area contributed by atoms with Crippen molar-refractivity contribution in [1.29, 1.82) is 0 Å². The predicted octanol–water partition coefficient (Wildman–Crippen LogP) is 4.78. The van der Waals surface area contributed by atoms with Crippen molar-refractivity contribution in [1.82, 2.24) is 0 Å². The average Bonchev–Trinajstić information content (AvgIpc) is 2.29. The molecule has 0 amide bonds. The summed E-state index contributed by atoms with van der Waals surface area (Å²) in [5.41, 5.74) is 0.579. The molecule has 3 heteroatoms. The van der Waals surface area contributed by atoms with Gasteiger partial charge in [0.2, 0.25) is 0 Å². The van der Waals surface area contributed by atoms with Crippen molar-refractivity contribution in [2.45, 2.75) is 44.4 Å². The summed E-state index contributed by atoms with van der Waals surface area (Å²) in [7, 11) is 0. The van der Waals surface area contributed by atoms with E-state index in [2.05, 4.69) is 0 Å². The highest BCUT2D eigenvalue weighted by atomic mass is 35.5. The fourth-order valence-electron chi connectivity index (χ4n) is 2.84. The van der Waals surface area contributed by atoms with Gasteiger partial charge in [-0.1, -0.05) is 48.5 Å². The van der Waals surface area contributed by atoms with Crippen LogP contribution in [0.25, 0.3) is 0 Å². The molecule has 0 spiro atoms. The molecule has 1 aliphatic carbocycles. The molecule has 17 heavy (non-hydrogen) atoms. The van der Waals surface area contributed by atoms with E-state index in [-0.39, 0.29) is 11.2 Å². The monoisotopic (exact) mass is 270 g/mol. The van der Waals surface area contributed by atoms with Crippen LogP contribution in [0.3, 0.4) is 0 Å². The summed E-state index contributed by atoms with van der Waals surface area (Å²) < 4.78 is 0. The smallest absolute Gasteiger partial charge is 0.140 e. The van der Waals surface area contributed by atoms with Crippen LogP contribution in [-0.4, -0.2) is 5.78 Å². The maximum atomic E-state index is 12.1. The van der Waals surface area contributed by atoms with Crippen LogP contribution in [0.1, 0.15) is 44.6 Å². The first kappa shape index (κ1) is 12.9. The van der Waals surface area contributed by atoms with Crippen molar-refractivity contribution in [3.63, 3.8) is 0 Å². The fraction of sp³-hybridized carbons (Fsp3) is 0.500. The number of Topliss-reactive ketones (excluding diaryl/α,β-unsaturated/α-hetero) is 1. The van der Waals surface area contributed by atoms with Crippen LogP contribution < -0.4 is 0 Å². The molecule has 1 aromatic rings. The van der Waals surface area contributed by atoms with Crippen molar-refractivity contribution in [2.24, 2.45) is 0 Å². The van der Waals surface area contributed by atoms with Crippen LogP contribution in [0, 0.1) is 0 Å². The van der Waals surface area contributed by atoms with E-state index in [1.54, 1.807) is 13.0 Å². The molecule has 0 radical (unpaired) electrons. The van der Waals surface area contributed by atoms with Crippen LogP contribution in [0.4, 0.5) is 0 Å². The Balaban J connectivity index is 2.49. The van der Waals surface area contributed by atoms with E-state index in [4.69, 9.17) is 23.2 Å². The minimum atomic E-state index is -0.375. The van der Waals surface area contributed by atoms with Crippen LogP contribution in [0.5, 0.6) is 0 Å². The highest BCUT2D eigenvalue weighted by Crippen LogP contribution is 2.43. The molecule has 0 saturated heterocycles. The van der Waals surface area contributed by atoms with Gasteiger partial charge in [0.1, 0.15) is 5.78 Å². The summed E-state index contributed by atoms with van der Waals surface area (Å²) >= 11 is 12.2. The lowest BCUT2D eigenvalue weighted by molar-refractivity contribution is -0.123. The zero-order valence-electron chi connectivity index (χ0n) is 9.93. The molecule has 0 heterocycles. The van der Waals surface area contributed by atoms with E-state index in [1.165, 1.54) is 6.42 Å². The Kier molecular flexibility index (Phi) is 3.79. The number of ketones is 1. The quantitative estimate of drug-likeness (QED) is 0.756. The molecule has 92 valence electrons. The lowest BCUT2D eigenvalue weighted by atomic mass is 9.67. The number of halogens is 2. The van der Waals surface area contributed by atoms with Crippen molar-refractivity contribution in [3.8, 4) is 0 Å². The molecule has 0 unspecified atom stereocenters. The van der Waals surface area contributed by atoms with Crippen LogP contribution in [0.15, 0.2) is 18.2 Å². The fourth-order valence-corrected chi connectivity index (χ4v) is 3.43. The molecule has 2 rings (SSSR count). The Hall–Kier alpha value is -0.530. The van der Waals surface area contributed by atoms with Crippen molar-refractivity contribution in [3.05, 3.63) is 33.8 Å². The maximum absolute atomic E-state index is 12.1. The minimum Gasteiger partial charge on any atom is -0.299 e. The third-order valence-electron chi connectivity index (χ3n) is 3.83. The van der Waals surface area contributed by atoms with Gasteiger partial charge in [-0.05, 0) is 37.5 Å². The zero-order chi connectivity index (χ0) is 12.5. The Labute approximate surface area is 112 Å². The van der Waals surface area contributed by atoms with Gasteiger partial charge in [-0.3, -0.25) is 4.79 Å². The van der Waals surface area contributed by atoms with Gasteiger partial charge in [-0.25, -0.2) is 0 Å². The highest BCUT2D eigenvalue weighted by molar-refractivity contribution is 6.35. The number of carbonyl (C=O) groups is 1. The Morgan fingerprint density at radius 3 is 2.35 bits per heavy atom. The number of hydrogen-bond acceptors (Lipinski definition) is 1. The van der Waals surface area contributed by atoms with Crippen LogP contribution >= 0.6 is 23.2 Å². The first-order valence-electron chi connectivity index (χ1n) is 6.03. The van der Waals surface area contributed by atoms with Gasteiger partial charge >= 0.3 is 0 Å². The van der Waals surface area contributed by atoms with Crippen molar-refractivity contribution in [2.75, 3.05) is 0 Å². The molecule has 0 N–H and O–H groups in total. The lowest BCUT2D eigenvalue weighted by Gasteiger charge is -2.36. The Bertz CT molecular complexity index is 434. The maximum Gasteiger partial charge on any atom is 0.140 e. The normalized spacial score (nSPS) is 19.0. The van der Waals surface area contributed by atoms with Crippen LogP contribution in [-0.2, 0) is 10.2 Å². The molecular weight excluding hydrogens is 255 g/mol. The van der Waals surface area contributed by atoms with E-state index in [9.17, 15) is 4.79 Å². The molecule has 1 nitrogen and oxygen atoms in total. The molecule has 0 atom stereocenters. The molecule has 1 aliphatic rings. The SMILES string of the molecule is CC(=O)C1(c2ccc(Cl)cc2Cl)CCCCC1. The van der Waals surface area contributed by atoms with E-state index < -0.39 is 0 Å². The zero-order valence-corrected chi connectivity index (χ0v) is 11.4. The summed E-state index contributed by atoms with van der Waals surface area (Å²) in [6, 6.07) is 5.47. The summed E-state index contributed by atoms with van der Waals surface area (Å²) in [6.07, 6.45) is 5.21. The van der Waals surface area contributed by atoms with Gasteiger partial charge in [-0.15, -0.1) is 0 Å². The predicted molar refractivity (Wildman–Crippen MR) is 71.9 cm³/mol. The standard InChI is InChI=1S/C14H16Cl2O/c1-10(17)14(7-3-2-4-8-14)12-6-5-11(15)9-13(12)16/h5-6,9H,2-4,7-8H2,1H3. The lowest BCUT2D eigenvalue weighted by Crippen LogP contribution is -2.36. The van der Waals surface area contributed by atoms with E-state index in [0.29, 0.717) is 10.0 Å². The molecular formula is C14H16Cl2O. The summed E-state index contributed by atoms with van der Waals surface area (Å²) in [4.78, 5) is 12.1. The average molecular weight is 271 g/mol. The molecule has 1 aromatic carbocycles. The highest BCUT2D eigenvalue weighted by Gasteiger charge is 2.39. The third kappa shape index (κ3) is 2.36. The molecule has 0 bridgehead atoms. The molecule has 1 fully saturated rings. The largest absolute Gasteiger partial charge is 0.299 e. The van der Waals surface area contributed by atoms with Gasteiger partial charge in [0.25, 0.3) is 0 Å². The minimum absolute atomic E-state index is 0.224. The summed E-state index contributed by atoms with van der Waals surface area (Å²) in [5, 5.41) is 1.24. The first-order chi connectivity index (χ1) is 8.06. The first-order valence-corrected chi connectivity index (χ1v) is 6.78. The van der Waals surface area contributed by atoms with Gasteiger partial charge in [0.15, 0.2) is 0 Å². The third-order valence-corrected chi connectivity index (χ3v) is 4.38. The number of rotatable bonds is 2. The van der Waals surface area contributed by atoms with E-state index in [0.717, 1.165) is 31.2 Å².